The lowest BCUT2D eigenvalue weighted by Crippen LogP contribution is -1.99. The third-order valence-electron chi connectivity index (χ3n) is 3.38. The topological polar surface area (TPSA) is 47.9 Å². The fourth-order valence-corrected chi connectivity index (χ4v) is 2.69. The Morgan fingerprint density at radius 2 is 2.14 bits per heavy atom. The van der Waals surface area contributed by atoms with Crippen LogP contribution in [0, 0.1) is 0 Å². The summed E-state index contributed by atoms with van der Waals surface area (Å²) in [6, 6.07) is 11.3. The Bertz CT molecular complexity index is 657. The monoisotopic (exact) mass is 350 g/mol. The molecule has 0 saturated carbocycles. The summed E-state index contributed by atoms with van der Waals surface area (Å²) >= 11 is 3.44. The highest BCUT2D eigenvalue weighted by atomic mass is 79.9. The van der Waals surface area contributed by atoms with Crippen molar-refractivity contribution in [2.45, 2.75) is 12.7 Å². The van der Waals surface area contributed by atoms with E-state index in [1.165, 1.54) is 0 Å². The molecule has 0 bridgehead atoms. The molecule has 0 fully saturated rings. The van der Waals surface area contributed by atoms with Gasteiger partial charge in [-0.05, 0) is 30.3 Å². The molecule has 2 aromatic rings. The highest BCUT2D eigenvalue weighted by molar-refractivity contribution is 9.10. The maximum Gasteiger partial charge on any atom is 0.129 e. The number of aliphatic hydroxyl groups excluding tert-OH is 1. The van der Waals surface area contributed by atoms with Crippen LogP contribution >= 0.6 is 15.9 Å². The van der Waals surface area contributed by atoms with E-state index in [1.54, 1.807) is 13.2 Å². The Labute approximate surface area is 131 Å². The van der Waals surface area contributed by atoms with Gasteiger partial charge in [-0.25, -0.2) is 0 Å². The SMILES string of the molecule is COc1ccc(Br)cc1COc1ccc2c(c1)OCC2O. The summed E-state index contributed by atoms with van der Waals surface area (Å²) in [7, 11) is 1.64. The first-order valence-corrected chi connectivity index (χ1v) is 7.36. The molecule has 21 heavy (non-hydrogen) atoms. The van der Waals surface area contributed by atoms with Gasteiger partial charge in [-0.15, -0.1) is 0 Å². The second-order valence-electron chi connectivity index (χ2n) is 4.77. The maximum absolute atomic E-state index is 9.69. The van der Waals surface area contributed by atoms with Crippen molar-refractivity contribution >= 4 is 15.9 Å². The van der Waals surface area contributed by atoms with Gasteiger partial charge in [0.15, 0.2) is 0 Å². The summed E-state index contributed by atoms with van der Waals surface area (Å²) < 4.78 is 17.5. The minimum atomic E-state index is -0.542. The van der Waals surface area contributed by atoms with Crippen molar-refractivity contribution in [2.24, 2.45) is 0 Å². The molecule has 0 amide bonds. The van der Waals surface area contributed by atoms with E-state index in [0.29, 0.717) is 24.7 Å². The van der Waals surface area contributed by atoms with Crippen LogP contribution in [0.1, 0.15) is 17.2 Å². The standard InChI is InChI=1S/C16H15BrO4/c1-19-15-5-2-11(17)6-10(15)8-20-12-3-4-13-14(18)9-21-16(13)7-12/h2-7,14,18H,8-9H2,1H3. The van der Waals surface area contributed by atoms with Crippen molar-refractivity contribution in [1.82, 2.24) is 0 Å². The van der Waals surface area contributed by atoms with Gasteiger partial charge in [0.1, 0.15) is 36.6 Å². The van der Waals surface area contributed by atoms with Crippen LogP contribution in [0.15, 0.2) is 40.9 Å². The third kappa shape index (κ3) is 2.99. The van der Waals surface area contributed by atoms with Crippen molar-refractivity contribution in [3.63, 3.8) is 0 Å². The molecule has 1 aliphatic rings. The molecule has 5 heteroatoms. The number of aliphatic hydroxyl groups is 1. The van der Waals surface area contributed by atoms with Crippen LogP contribution in [0.3, 0.4) is 0 Å². The number of hydrogen-bond acceptors (Lipinski definition) is 4. The molecule has 3 rings (SSSR count). The van der Waals surface area contributed by atoms with Gasteiger partial charge in [-0.1, -0.05) is 15.9 Å². The molecule has 0 aromatic heterocycles. The predicted octanol–water partition coefficient (Wildman–Crippen LogP) is 3.46. The number of hydrogen-bond donors (Lipinski definition) is 1. The van der Waals surface area contributed by atoms with Crippen molar-refractivity contribution < 1.29 is 19.3 Å². The van der Waals surface area contributed by atoms with Crippen LogP contribution in [0.5, 0.6) is 17.2 Å². The third-order valence-corrected chi connectivity index (χ3v) is 3.87. The Balaban J connectivity index is 1.75. The van der Waals surface area contributed by atoms with E-state index in [-0.39, 0.29) is 0 Å². The van der Waals surface area contributed by atoms with Crippen LogP contribution in [0.4, 0.5) is 0 Å². The molecule has 2 aromatic carbocycles. The van der Waals surface area contributed by atoms with Crippen molar-refractivity contribution in [2.75, 3.05) is 13.7 Å². The summed E-state index contributed by atoms with van der Waals surface area (Å²) in [5.74, 6) is 2.16. The highest BCUT2D eigenvalue weighted by Crippen LogP contribution is 2.35. The first kappa shape index (κ1) is 14.2. The van der Waals surface area contributed by atoms with E-state index >= 15 is 0 Å². The molecule has 1 atom stereocenters. The number of benzene rings is 2. The smallest absolute Gasteiger partial charge is 0.129 e. The van der Waals surface area contributed by atoms with Gasteiger partial charge in [0, 0.05) is 21.7 Å². The van der Waals surface area contributed by atoms with Crippen molar-refractivity contribution in [3.05, 3.63) is 52.0 Å². The number of rotatable bonds is 4. The largest absolute Gasteiger partial charge is 0.496 e. The molecule has 1 unspecified atom stereocenters. The molecular formula is C16H15BrO4. The molecule has 110 valence electrons. The van der Waals surface area contributed by atoms with Gasteiger partial charge in [0.25, 0.3) is 0 Å². The van der Waals surface area contributed by atoms with E-state index in [4.69, 9.17) is 14.2 Å². The maximum atomic E-state index is 9.69. The zero-order valence-electron chi connectivity index (χ0n) is 11.5. The number of fused-ring (bicyclic) bond motifs is 1. The molecule has 1 N–H and O–H groups in total. The molecule has 4 nitrogen and oxygen atoms in total. The fourth-order valence-electron chi connectivity index (χ4n) is 2.28. The van der Waals surface area contributed by atoms with Crippen molar-refractivity contribution in [3.8, 4) is 17.2 Å². The molecule has 0 saturated heterocycles. The minimum Gasteiger partial charge on any atom is -0.496 e. The first-order valence-electron chi connectivity index (χ1n) is 6.57. The van der Waals surface area contributed by atoms with E-state index in [0.717, 1.165) is 21.3 Å². The summed E-state index contributed by atoms with van der Waals surface area (Å²) in [4.78, 5) is 0. The quantitative estimate of drug-likeness (QED) is 0.917. The van der Waals surface area contributed by atoms with Crippen molar-refractivity contribution in [1.29, 1.82) is 0 Å². The number of methoxy groups -OCH3 is 1. The van der Waals surface area contributed by atoms with Gasteiger partial charge >= 0.3 is 0 Å². The van der Waals surface area contributed by atoms with E-state index < -0.39 is 6.10 Å². The lowest BCUT2D eigenvalue weighted by Gasteiger charge is -2.11. The van der Waals surface area contributed by atoms with E-state index in [2.05, 4.69) is 15.9 Å². The lowest BCUT2D eigenvalue weighted by molar-refractivity contribution is 0.140. The summed E-state index contributed by atoms with van der Waals surface area (Å²) in [6.45, 7) is 0.697. The molecule has 0 radical (unpaired) electrons. The molecular weight excluding hydrogens is 336 g/mol. The highest BCUT2D eigenvalue weighted by Gasteiger charge is 2.22. The molecule has 1 heterocycles. The first-order chi connectivity index (χ1) is 10.2. The second-order valence-corrected chi connectivity index (χ2v) is 5.69. The van der Waals surface area contributed by atoms with Gasteiger partial charge in [-0.3, -0.25) is 0 Å². The van der Waals surface area contributed by atoms with Gasteiger partial charge in [0.05, 0.1) is 7.11 Å². The average Bonchev–Trinajstić information content (AvgIpc) is 2.86. The summed E-state index contributed by atoms with van der Waals surface area (Å²) in [5, 5.41) is 9.69. The Morgan fingerprint density at radius 1 is 1.29 bits per heavy atom. The average molecular weight is 351 g/mol. The Kier molecular flexibility index (Phi) is 4.03. The normalized spacial score (nSPS) is 16.2. The fraction of sp³-hybridized carbons (Fsp3) is 0.250. The second kappa shape index (κ2) is 5.95. The number of halogens is 1. The summed E-state index contributed by atoms with van der Waals surface area (Å²) in [6.07, 6.45) is -0.542. The molecule has 0 aliphatic carbocycles. The van der Waals surface area contributed by atoms with E-state index in [1.807, 2.05) is 30.3 Å². The van der Waals surface area contributed by atoms with Crippen LogP contribution < -0.4 is 14.2 Å². The van der Waals surface area contributed by atoms with Crippen LogP contribution in [0.25, 0.3) is 0 Å². The van der Waals surface area contributed by atoms with Gasteiger partial charge in [-0.2, -0.15) is 0 Å². The lowest BCUT2D eigenvalue weighted by atomic mass is 10.1. The Hall–Kier alpha value is -1.72. The zero-order valence-corrected chi connectivity index (χ0v) is 13.1. The van der Waals surface area contributed by atoms with E-state index in [9.17, 15) is 5.11 Å². The van der Waals surface area contributed by atoms with Crippen LogP contribution in [-0.4, -0.2) is 18.8 Å². The van der Waals surface area contributed by atoms with Crippen LogP contribution in [0.2, 0.25) is 0 Å². The predicted molar refractivity (Wildman–Crippen MR) is 81.9 cm³/mol. The minimum absolute atomic E-state index is 0.304. The number of ether oxygens (including phenoxy) is 3. The van der Waals surface area contributed by atoms with Gasteiger partial charge < -0.3 is 19.3 Å². The summed E-state index contributed by atoms with van der Waals surface area (Å²) in [5.41, 5.74) is 1.76. The molecule has 0 spiro atoms. The molecule has 1 aliphatic heterocycles. The Morgan fingerprint density at radius 3 is 2.95 bits per heavy atom. The van der Waals surface area contributed by atoms with Crippen LogP contribution in [-0.2, 0) is 6.61 Å². The zero-order chi connectivity index (χ0) is 14.8. The van der Waals surface area contributed by atoms with Gasteiger partial charge in [0.2, 0.25) is 0 Å².